The van der Waals surface area contributed by atoms with Crippen LogP contribution in [0.25, 0.3) is 0 Å². The summed E-state index contributed by atoms with van der Waals surface area (Å²) >= 11 is 0. The molecule has 3 N–H and O–H groups in total. The maximum Gasteiger partial charge on any atom is 0.364 e. The van der Waals surface area contributed by atoms with Gasteiger partial charge in [-0.1, -0.05) is 5.16 Å². The summed E-state index contributed by atoms with van der Waals surface area (Å²) in [6.45, 7) is 1.88. The number of rotatable bonds is 5. The Kier molecular flexibility index (Phi) is 5.69. The summed E-state index contributed by atoms with van der Waals surface area (Å²) in [7, 11) is 0. The highest BCUT2D eigenvalue weighted by Crippen LogP contribution is 2.23. The zero-order valence-electron chi connectivity index (χ0n) is 8.36. The van der Waals surface area contributed by atoms with E-state index in [4.69, 9.17) is 16.0 Å². The summed E-state index contributed by atoms with van der Waals surface area (Å²) in [6.07, 6.45) is 1.92. The number of carbonyl (C=O) groups excluding carboxylic acids is 1. The van der Waals surface area contributed by atoms with Crippen LogP contribution in [0.15, 0.2) is 5.16 Å². The van der Waals surface area contributed by atoms with Crippen molar-refractivity contribution in [3.05, 3.63) is 0 Å². The molecule has 1 aliphatic carbocycles. The first-order chi connectivity index (χ1) is 6.65. The molecule has 15 heavy (non-hydrogen) atoms. The first kappa shape index (κ1) is 13.7. The van der Waals surface area contributed by atoms with E-state index in [0.717, 1.165) is 12.8 Å². The molecule has 0 atom stereocenters. The molecule has 1 fully saturated rings. The number of ether oxygens (including phenoxy) is 1. The fourth-order valence-electron chi connectivity index (χ4n) is 0.697. The molecule has 7 heteroatoms. The van der Waals surface area contributed by atoms with Gasteiger partial charge in [-0.05, 0) is 19.8 Å². The van der Waals surface area contributed by atoms with E-state index >= 15 is 0 Å². The SMILES string of the molecule is CCOC(=O)C(=NOC1CC1)C(=N)N.Cl. The van der Waals surface area contributed by atoms with Gasteiger partial charge in [0, 0.05) is 0 Å². The van der Waals surface area contributed by atoms with Crippen LogP contribution in [0.5, 0.6) is 0 Å². The van der Waals surface area contributed by atoms with Gasteiger partial charge < -0.3 is 15.3 Å². The first-order valence-corrected chi connectivity index (χ1v) is 4.40. The van der Waals surface area contributed by atoms with Crippen molar-refractivity contribution >= 4 is 29.9 Å². The highest BCUT2D eigenvalue weighted by atomic mass is 35.5. The van der Waals surface area contributed by atoms with E-state index in [1.807, 2.05) is 0 Å². The number of esters is 1. The zero-order chi connectivity index (χ0) is 10.6. The molecule has 1 aliphatic rings. The van der Waals surface area contributed by atoms with Crippen molar-refractivity contribution in [2.75, 3.05) is 6.61 Å². The second kappa shape index (κ2) is 6.23. The Balaban J connectivity index is 0.00000196. The molecule has 0 spiro atoms. The van der Waals surface area contributed by atoms with Crippen LogP contribution in [0.3, 0.4) is 0 Å². The molecule has 1 saturated carbocycles. The van der Waals surface area contributed by atoms with Gasteiger partial charge in [0.25, 0.3) is 0 Å². The predicted octanol–water partition coefficient (Wildman–Crippen LogP) is 0.442. The van der Waals surface area contributed by atoms with Gasteiger partial charge in [-0.2, -0.15) is 0 Å². The number of carbonyl (C=O) groups is 1. The van der Waals surface area contributed by atoms with Gasteiger partial charge in [0.15, 0.2) is 5.84 Å². The van der Waals surface area contributed by atoms with Crippen LogP contribution in [0.1, 0.15) is 19.8 Å². The van der Waals surface area contributed by atoms with Crippen LogP contribution >= 0.6 is 12.4 Å². The quantitative estimate of drug-likeness (QED) is 0.313. The number of amidine groups is 1. The maximum absolute atomic E-state index is 11.2. The molecule has 0 saturated heterocycles. The zero-order valence-corrected chi connectivity index (χ0v) is 9.17. The molecule has 0 aromatic carbocycles. The number of oxime groups is 1. The smallest absolute Gasteiger partial charge is 0.364 e. The second-order valence-corrected chi connectivity index (χ2v) is 2.88. The summed E-state index contributed by atoms with van der Waals surface area (Å²) < 4.78 is 4.65. The lowest BCUT2D eigenvalue weighted by molar-refractivity contribution is -0.135. The van der Waals surface area contributed by atoms with Crippen LogP contribution in [0.4, 0.5) is 0 Å². The molecule has 0 unspecified atom stereocenters. The van der Waals surface area contributed by atoms with Crippen LogP contribution < -0.4 is 5.73 Å². The van der Waals surface area contributed by atoms with Crippen LogP contribution in [0.2, 0.25) is 0 Å². The molecule has 0 amide bonds. The standard InChI is InChI=1S/C8H13N3O3.ClH/c1-2-13-8(12)6(7(9)10)11-14-5-3-4-5;/h5H,2-4H2,1H3,(H3,9,10);1H. The Hall–Kier alpha value is -1.30. The Morgan fingerprint density at radius 3 is 2.60 bits per heavy atom. The van der Waals surface area contributed by atoms with E-state index < -0.39 is 11.8 Å². The lowest BCUT2D eigenvalue weighted by Crippen LogP contribution is -2.32. The van der Waals surface area contributed by atoms with Gasteiger partial charge >= 0.3 is 5.97 Å². The van der Waals surface area contributed by atoms with Crippen LogP contribution in [0, 0.1) is 5.41 Å². The van der Waals surface area contributed by atoms with Gasteiger partial charge in [-0.3, -0.25) is 5.41 Å². The molecule has 0 aliphatic heterocycles. The number of halogens is 1. The van der Waals surface area contributed by atoms with Crippen molar-refractivity contribution in [1.82, 2.24) is 0 Å². The molecule has 6 nitrogen and oxygen atoms in total. The van der Waals surface area contributed by atoms with Crippen molar-refractivity contribution in [1.29, 1.82) is 5.41 Å². The van der Waals surface area contributed by atoms with Crippen molar-refractivity contribution in [3.8, 4) is 0 Å². The highest BCUT2D eigenvalue weighted by Gasteiger charge is 2.25. The average molecular weight is 236 g/mol. The number of hydrogen-bond acceptors (Lipinski definition) is 5. The van der Waals surface area contributed by atoms with E-state index in [9.17, 15) is 4.79 Å². The van der Waals surface area contributed by atoms with Crippen LogP contribution in [-0.2, 0) is 14.4 Å². The molecule has 0 aromatic rings. The average Bonchev–Trinajstić information content (AvgIpc) is 2.88. The Labute approximate surface area is 93.7 Å². The number of hydrogen-bond donors (Lipinski definition) is 2. The van der Waals surface area contributed by atoms with Gasteiger partial charge in [0.05, 0.1) is 6.61 Å². The van der Waals surface area contributed by atoms with E-state index in [1.165, 1.54) is 0 Å². The molecule has 0 radical (unpaired) electrons. The molecule has 1 rings (SSSR count). The lowest BCUT2D eigenvalue weighted by Gasteiger charge is -2.03. The number of nitrogens with zero attached hydrogens (tertiary/aromatic N) is 1. The summed E-state index contributed by atoms with van der Waals surface area (Å²) in [5, 5.41) is 10.6. The van der Waals surface area contributed by atoms with Crippen molar-refractivity contribution in [2.24, 2.45) is 10.9 Å². The molecule has 0 aromatic heterocycles. The Bertz CT molecular complexity index is 276. The third-order valence-electron chi connectivity index (χ3n) is 1.54. The minimum atomic E-state index is -0.722. The van der Waals surface area contributed by atoms with Crippen molar-refractivity contribution < 1.29 is 14.4 Å². The Morgan fingerprint density at radius 2 is 2.20 bits per heavy atom. The maximum atomic E-state index is 11.2. The fourth-order valence-corrected chi connectivity index (χ4v) is 0.697. The summed E-state index contributed by atoms with van der Waals surface area (Å²) in [5.74, 6) is -1.16. The fraction of sp³-hybridized carbons (Fsp3) is 0.625. The Morgan fingerprint density at radius 1 is 1.60 bits per heavy atom. The van der Waals surface area contributed by atoms with E-state index in [0.29, 0.717) is 0 Å². The van der Waals surface area contributed by atoms with Gasteiger partial charge in [-0.25, -0.2) is 4.79 Å². The van der Waals surface area contributed by atoms with Crippen LogP contribution in [-0.4, -0.2) is 30.2 Å². The summed E-state index contributed by atoms with van der Waals surface area (Å²) in [5.41, 5.74) is 4.88. The van der Waals surface area contributed by atoms with Gasteiger partial charge in [-0.15, -0.1) is 12.4 Å². The van der Waals surface area contributed by atoms with E-state index in [1.54, 1.807) is 6.92 Å². The summed E-state index contributed by atoms with van der Waals surface area (Å²) in [6, 6.07) is 0. The van der Waals surface area contributed by atoms with Gasteiger partial charge in [0.2, 0.25) is 5.71 Å². The van der Waals surface area contributed by atoms with E-state index in [2.05, 4.69) is 9.89 Å². The minimum absolute atomic E-state index is 0. The predicted molar refractivity (Wildman–Crippen MR) is 57.3 cm³/mol. The third-order valence-corrected chi connectivity index (χ3v) is 1.54. The second-order valence-electron chi connectivity index (χ2n) is 2.88. The minimum Gasteiger partial charge on any atom is -0.461 e. The molecule has 0 bridgehead atoms. The molecular formula is C8H14ClN3O3. The first-order valence-electron chi connectivity index (χ1n) is 4.40. The largest absolute Gasteiger partial charge is 0.461 e. The highest BCUT2D eigenvalue weighted by molar-refractivity contribution is 6.64. The summed E-state index contributed by atoms with van der Waals surface area (Å²) in [4.78, 5) is 16.1. The monoisotopic (exact) mass is 235 g/mol. The topological polar surface area (TPSA) is 97.8 Å². The number of nitrogens with two attached hydrogens (primary N) is 1. The number of nitrogens with one attached hydrogen (secondary N) is 1. The van der Waals surface area contributed by atoms with E-state index in [-0.39, 0.29) is 30.8 Å². The molecule has 0 heterocycles. The normalized spacial score (nSPS) is 15.1. The molecular weight excluding hydrogens is 222 g/mol. The lowest BCUT2D eigenvalue weighted by atomic mass is 10.3. The van der Waals surface area contributed by atoms with Gasteiger partial charge in [0.1, 0.15) is 6.10 Å². The van der Waals surface area contributed by atoms with Crippen molar-refractivity contribution in [2.45, 2.75) is 25.9 Å². The third kappa shape index (κ3) is 4.64. The van der Waals surface area contributed by atoms with Crippen molar-refractivity contribution in [3.63, 3.8) is 0 Å². The molecule has 86 valence electrons.